The number of benzene rings is 1. The van der Waals surface area contributed by atoms with Crippen LogP contribution in [0.15, 0.2) is 41.6 Å². The first-order valence-electron chi connectivity index (χ1n) is 6.78. The van der Waals surface area contributed by atoms with Gasteiger partial charge in [-0.3, -0.25) is 0 Å². The van der Waals surface area contributed by atoms with E-state index in [0.717, 1.165) is 0 Å². The second-order valence-electron chi connectivity index (χ2n) is 4.83. The molecule has 0 aliphatic heterocycles. The van der Waals surface area contributed by atoms with Crippen molar-refractivity contribution in [3.63, 3.8) is 0 Å². The van der Waals surface area contributed by atoms with Gasteiger partial charge >= 0.3 is 5.97 Å². The number of carboxylic acid groups (broad SMARTS) is 1. The van der Waals surface area contributed by atoms with Crippen LogP contribution in [0.2, 0.25) is 0 Å². The minimum Gasteiger partial charge on any atom is -0.477 e. The van der Waals surface area contributed by atoms with Gasteiger partial charge in [-0.2, -0.15) is 0 Å². The summed E-state index contributed by atoms with van der Waals surface area (Å²) in [5.74, 6) is -0.746. The van der Waals surface area contributed by atoms with Crippen molar-refractivity contribution in [3.8, 4) is 0 Å². The highest BCUT2D eigenvalue weighted by molar-refractivity contribution is 7.89. The fourth-order valence-electron chi connectivity index (χ4n) is 2.15. The van der Waals surface area contributed by atoms with Crippen molar-refractivity contribution in [2.75, 3.05) is 12.4 Å². The van der Waals surface area contributed by atoms with E-state index in [9.17, 15) is 13.2 Å². The van der Waals surface area contributed by atoms with Crippen LogP contribution in [-0.4, -0.2) is 41.5 Å². The number of fused-ring (bicyclic) bond motifs is 1. The van der Waals surface area contributed by atoms with Crippen LogP contribution in [0, 0.1) is 0 Å². The van der Waals surface area contributed by atoms with E-state index in [4.69, 9.17) is 5.11 Å². The van der Waals surface area contributed by atoms with E-state index < -0.39 is 16.0 Å². The average Bonchev–Trinajstić information content (AvgIpc) is 3.01. The minimum atomic E-state index is -3.57. The number of aromatic carboxylic acids is 1. The first-order chi connectivity index (χ1) is 11.4. The van der Waals surface area contributed by atoms with Crippen LogP contribution in [0.5, 0.6) is 0 Å². The molecule has 2 heterocycles. The van der Waals surface area contributed by atoms with Crippen LogP contribution >= 0.6 is 0 Å². The number of carboxylic acids is 1. The van der Waals surface area contributed by atoms with Crippen molar-refractivity contribution in [2.24, 2.45) is 0 Å². The van der Waals surface area contributed by atoms with Gasteiger partial charge in [0.25, 0.3) is 0 Å². The SMILES string of the molecule is CNS(=O)(=O)c1cccc(Nc2ncnc3[nH]c(C(=O)O)cc23)c1. The van der Waals surface area contributed by atoms with Gasteiger partial charge in [0.05, 0.1) is 10.3 Å². The van der Waals surface area contributed by atoms with Gasteiger partial charge in [-0.05, 0) is 31.3 Å². The van der Waals surface area contributed by atoms with Crippen LogP contribution < -0.4 is 10.0 Å². The maximum absolute atomic E-state index is 11.9. The van der Waals surface area contributed by atoms with Crippen LogP contribution in [0.3, 0.4) is 0 Å². The number of aromatic nitrogens is 3. The molecule has 24 heavy (non-hydrogen) atoms. The number of aromatic amines is 1. The molecule has 10 heteroatoms. The van der Waals surface area contributed by atoms with Gasteiger partial charge in [0.15, 0.2) is 0 Å². The molecule has 0 radical (unpaired) electrons. The molecule has 0 saturated heterocycles. The number of hydrogen-bond acceptors (Lipinski definition) is 6. The maximum atomic E-state index is 11.9. The Morgan fingerprint density at radius 2 is 2.04 bits per heavy atom. The van der Waals surface area contributed by atoms with E-state index in [1.54, 1.807) is 12.1 Å². The molecule has 0 saturated carbocycles. The topological polar surface area (TPSA) is 137 Å². The summed E-state index contributed by atoms with van der Waals surface area (Å²) in [7, 11) is -2.24. The van der Waals surface area contributed by atoms with E-state index in [1.165, 1.54) is 31.6 Å². The summed E-state index contributed by atoms with van der Waals surface area (Å²) < 4.78 is 26.0. The van der Waals surface area contributed by atoms with E-state index >= 15 is 0 Å². The Bertz CT molecular complexity index is 1030. The average molecular weight is 347 g/mol. The standard InChI is InChI=1S/C14H13N5O4S/c1-15-24(22,23)9-4-2-3-8(5-9)18-12-10-6-11(14(20)21)19-13(10)17-7-16-12/h2-7,15H,1H3,(H,20,21)(H2,16,17,18,19). The van der Waals surface area contributed by atoms with Crippen LogP contribution in [-0.2, 0) is 10.0 Å². The maximum Gasteiger partial charge on any atom is 0.352 e. The van der Waals surface area contributed by atoms with Gasteiger partial charge in [-0.1, -0.05) is 6.07 Å². The zero-order valence-electron chi connectivity index (χ0n) is 12.4. The normalized spacial score (nSPS) is 11.5. The number of sulfonamides is 1. The fourth-order valence-corrected chi connectivity index (χ4v) is 2.93. The third kappa shape index (κ3) is 2.92. The van der Waals surface area contributed by atoms with Crippen LogP contribution in [0.4, 0.5) is 11.5 Å². The fraction of sp³-hybridized carbons (Fsp3) is 0.0714. The van der Waals surface area contributed by atoms with Crippen molar-refractivity contribution in [2.45, 2.75) is 4.90 Å². The molecular weight excluding hydrogens is 334 g/mol. The largest absolute Gasteiger partial charge is 0.477 e. The van der Waals surface area contributed by atoms with Crippen molar-refractivity contribution < 1.29 is 18.3 Å². The summed E-state index contributed by atoms with van der Waals surface area (Å²) in [5.41, 5.74) is 0.841. The molecule has 0 bridgehead atoms. The smallest absolute Gasteiger partial charge is 0.352 e. The molecule has 0 fully saturated rings. The van der Waals surface area contributed by atoms with Crippen molar-refractivity contribution >= 4 is 38.5 Å². The Kier molecular flexibility index (Phi) is 3.91. The van der Waals surface area contributed by atoms with E-state index in [1.807, 2.05) is 0 Å². The molecule has 4 N–H and O–H groups in total. The van der Waals surface area contributed by atoms with Crippen molar-refractivity contribution in [1.82, 2.24) is 19.7 Å². The quantitative estimate of drug-likeness (QED) is 0.546. The van der Waals surface area contributed by atoms with Crippen LogP contribution in [0.1, 0.15) is 10.5 Å². The van der Waals surface area contributed by atoms with Gasteiger partial charge in [0.2, 0.25) is 10.0 Å². The number of rotatable bonds is 5. The highest BCUT2D eigenvalue weighted by atomic mass is 32.2. The third-order valence-electron chi connectivity index (χ3n) is 3.33. The minimum absolute atomic E-state index is 0.0138. The summed E-state index contributed by atoms with van der Waals surface area (Å²) in [4.78, 5) is 21.9. The lowest BCUT2D eigenvalue weighted by molar-refractivity contribution is 0.0691. The molecule has 3 rings (SSSR count). The Labute approximate surface area is 136 Å². The van der Waals surface area contributed by atoms with E-state index in [-0.39, 0.29) is 10.6 Å². The lowest BCUT2D eigenvalue weighted by atomic mass is 10.3. The highest BCUT2D eigenvalue weighted by Gasteiger charge is 2.14. The molecular formula is C14H13N5O4S. The zero-order valence-corrected chi connectivity index (χ0v) is 13.3. The molecule has 0 unspecified atom stereocenters. The molecule has 0 aliphatic carbocycles. The summed E-state index contributed by atoms with van der Waals surface area (Å²) >= 11 is 0. The molecule has 1 aromatic carbocycles. The monoisotopic (exact) mass is 347 g/mol. The van der Waals surface area contributed by atoms with E-state index in [0.29, 0.717) is 22.5 Å². The Morgan fingerprint density at radius 1 is 1.25 bits per heavy atom. The van der Waals surface area contributed by atoms with Crippen molar-refractivity contribution in [1.29, 1.82) is 0 Å². The molecule has 124 valence electrons. The summed E-state index contributed by atoms with van der Waals surface area (Å²) in [6.45, 7) is 0. The number of anilines is 2. The van der Waals surface area contributed by atoms with Gasteiger partial charge in [0, 0.05) is 5.69 Å². The Hall–Kier alpha value is -2.98. The molecule has 2 aromatic heterocycles. The Morgan fingerprint density at radius 3 is 2.75 bits per heavy atom. The number of carbonyl (C=O) groups is 1. The summed E-state index contributed by atoms with van der Waals surface area (Å²) in [6.07, 6.45) is 1.28. The van der Waals surface area contributed by atoms with Gasteiger partial charge < -0.3 is 15.4 Å². The van der Waals surface area contributed by atoms with Crippen molar-refractivity contribution in [3.05, 3.63) is 42.4 Å². The van der Waals surface area contributed by atoms with Gasteiger partial charge in [-0.15, -0.1) is 0 Å². The second kappa shape index (κ2) is 5.91. The predicted molar refractivity (Wildman–Crippen MR) is 86.8 cm³/mol. The first-order valence-corrected chi connectivity index (χ1v) is 8.26. The number of H-pyrrole nitrogens is 1. The predicted octanol–water partition coefficient (Wildman–Crippen LogP) is 1.31. The first kappa shape index (κ1) is 15.9. The molecule has 9 nitrogen and oxygen atoms in total. The number of nitrogens with one attached hydrogen (secondary N) is 3. The van der Waals surface area contributed by atoms with Crippen LogP contribution in [0.25, 0.3) is 11.0 Å². The molecule has 0 spiro atoms. The summed E-state index contributed by atoms with van der Waals surface area (Å²) in [6, 6.07) is 7.59. The molecule has 0 aliphatic rings. The second-order valence-corrected chi connectivity index (χ2v) is 6.72. The number of hydrogen-bond donors (Lipinski definition) is 4. The summed E-state index contributed by atoms with van der Waals surface area (Å²) in [5, 5.41) is 12.5. The van der Waals surface area contributed by atoms with Gasteiger partial charge in [-0.25, -0.2) is 27.9 Å². The Balaban J connectivity index is 2.01. The molecule has 0 amide bonds. The molecule has 3 aromatic rings. The highest BCUT2D eigenvalue weighted by Crippen LogP contribution is 2.25. The lowest BCUT2D eigenvalue weighted by Gasteiger charge is -2.08. The third-order valence-corrected chi connectivity index (χ3v) is 4.74. The molecule has 0 atom stereocenters. The van der Waals surface area contributed by atoms with Gasteiger partial charge in [0.1, 0.15) is 23.5 Å². The zero-order chi connectivity index (χ0) is 17.3. The lowest BCUT2D eigenvalue weighted by Crippen LogP contribution is -2.18. The van der Waals surface area contributed by atoms with E-state index in [2.05, 4.69) is 25.0 Å². The number of nitrogens with zero attached hydrogens (tertiary/aromatic N) is 2.